The third-order valence-electron chi connectivity index (χ3n) is 6.06. The van der Waals surface area contributed by atoms with Gasteiger partial charge >= 0.3 is 0 Å². The van der Waals surface area contributed by atoms with E-state index >= 15 is 0 Å². The Morgan fingerprint density at radius 1 is 0.645 bits per heavy atom. The average Bonchev–Trinajstić information content (AvgIpc) is 2.77. The highest BCUT2D eigenvalue weighted by molar-refractivity contribution is 7.99. The summed E-state index contributed by atoms with van der Waals surface area (Å²) in [5, 5.41) is 19.9. The molecule has 2 rings (SSSR count). The molecule has 1 atom stereocenters. The van der Waals surface area contributed by atoms with Crippen LogP contribution in [0.15, 0.2) is 48.5 Å². The van der Waals surface area contributed by atoms with Gasteiger partial charge in [0.05, 0.1) is 0 Å². The van der Waals surface area contributed by atoms with Crippen LogP contribution in [0.2, 0.25) is 0 Å². The molecule has 0 fully saturated rings. The van der Waals surface area contributed by atoms with E-state index in [1.54, 1.807) is 24.3 Å². The second kappa shape index (κ2) is 15.2. The molecule has 2 aromatic rings. The number of hydrogen-bond donors (Lipinski definition) is 2. The van der Waals surface area contributed by atoms with E-state index in [1.165, 1.54) is 81.1 Å². The summed E-state index contributed by atoms with van der Waals surface area (Å²) in [6, 6.07) is 15.2. The molecular formula is C28H42O2S. The molecule has 31 heavy (non-hydrogen) atoms. The molecule has 1 unspecified atom stereocenters. The Bertz CT molecular complexity index is 650. The van der Waals surface area contributed by atoms with Crippen LogP contribution in [-0.2, 0) is 0 Å². The Kier molecular flexibility index (Phi) is 12.6. The Hall–Kier alpha value is -1.61. The zero-order valence-electron chi connectivity index (χ0n) is 19.6. The minimum absolute atomic E-state index is 0.274. The van der Waals surface area contributed by atoms with Gasteiger partial charge in [0.1, 0.15) is 11.5 Å². The van der Waals surface area contributed by atoms with Gasteiger partial charge in [-0.05, 0) is 54.0 Å². The Labute approximate surface area is 194 Å². The number of benzene rings is 2. The molecule has 0 aliphatic carbocycles. The lowest BCUT2D eigenvalue weighted by atomic mass is 9.87. The number of thioether (sulfide) groups is 1. The summed E-state index contributed by atoms with van der Waals surface area (Å²) < 4.78 is 0. The number of phenols is 2. The van der Waals surface area contributed by atoms with Gasteiger partial charge in [-0.15, -0.1) is 0 Å². The van der Waals surface area contributed by atoms with Crippen molar-refractivity contribution in [3.8, 4) is 11.5 Å². The second-order valence-corrected chi connectivity index (χ2v) is 10.4. The topological polar surface area (TPSA) is 40.5 Å². The molecule has 3 heteroatoms. The van der Waals surface area contributed by atoms with Gasteiger partial charge in [-0.25, -0.2) is 0 Å². The summed E-state index contributed by atoms with van der Waals surface area (Å²) in [5.41, 5.74) is 2.43. The number of unbranched alkanes of at least 4 members (excludes halogenated alkanes) is 9. The molecular weight excluding hydrogens is 400 g/mol. The molecule has 0 amide bonds. The van der Waals surface area contributed by atoms with Crippen molar-refractivity contribution < 1.29 is 10.2 Å². The predicted octanol–water partition coefficient (Wildman–Crippen LogP) is 8.66. The van der Waals surface area contributed by atoms with Crippen LogP contribution in [0.1, 0.15) is 102 Å². The average molecular weight is 443 g/mol. The zero-order valence-corrected chi connectivity index (χ0v) is 20.4. The van der Waals surface area contributed by atoms with E-state index in [-0.39, 0.29) is 5.92 Å². The summed E-state index contributed by atoms with van der Waals surface area (Å²) in [5.74, 6) is 2.11. The van der Waals surface area contributed by atoms with E-state index in [9.17, 15) is 10.2 Å². The lowest BCUT2D eigenvalue weighted by Crippen LogP contribution is -2.09. The lowest BCUT2D eigenvalue weighted by molar-refractivity contribution is 0.475. The van der Waals surface area contributed by atoms with Crippen molar-refractivity contribution >= 4 is 11.8 Å². The second-order valence-electron chi connectivity index (χ2n) is 8.83. The van der Waals surface area contributed by atoms with Gasteiger partial charge in [-0.2, -0.15) is 11.8 Å². The highest BCUT2D eigenvalue weighted by Gasteiger charge is 2.18. The fraction of sp³-hybridized carbons (Fsp3) is 0.571. The monoisotopic (exact) mass is 442 g/mol. The van der Waals surface area contributed by atoms with Crippen molar-refractivity contribution in [1.29, 1.82) is 0 Å². The molecule has 0 saturated heterocycles. The van der Waals surface area contributed by atoms with E-state index in [4.69, 9.17) is 0 Å². The molecule has 0 heterocycles. The lowest BCUT2D eigenvalue weighted by Gasteiger charge is -2.22. The normalized spacial score (nSPS) is 12.4. The Morgan fingerprint density at radius 3 is 1.52 bits per heavy atom. The SMILES string of the molecule is CCCCCCCCCCCCSC(C)CC(c1ccc(O)cc1)c1ccc(O)cc1. The van der Waals surface area contributed by atoms with E-state index in [0.717, 1.165) is 6.42 Å². The van der Waals surface area contributed by atoms with E-state index < -0.39 is 0 Å². The van der Waals surface area contributed by atoms with Crippen LogP contribution < -0.4 is 0 Å². The standard InChI is InChI=1S/C28H42O2S/c1-3-4-5-6-7-8-9-10-11-12-21-31-23(2)22-28(24-13-17-26(29)18-14-24)25-15-19-27(30)20-16-25/h13-20,23,28-30H,3-12,21-22H2,1-2H3. The molecule has 0 aliphatic heterocycles. The van der Waals surface area contributed by atoms with Gasteiger partial charge in [0, 0.05) is 11.2 Å². The van der Waals surface area contributed by atoms with Crippen LogP contribution in [0.25, 0.3) is 0 Å². The van der Waals surface area contributed by atoms with Crippen molar-refractivity contribution in [2.45, 2.75) is 95.6 Å². The van der Waals surface area contributed by atoms with Gasteiger partial charge in [-0.1, -0.05) is 95.9 Å². The third kappa shape index (κ3) is 10.5. The first-order valence-electron chi connectivity index (χ1n) is 12.3. The van der Waals surface area contributed by atoms with Crippen molar-refractivity contribution in [1.82, 2.24) is 0 Å². The van der Waals surface area contributed by atoms with Gasteiger partial charge < -0.3 is 10.2 Å². The van der Waals surface area contributed by atoms with Crippen molar-refractivity contribution in [3.05, 3.63) is 59.7 Å². The summed E-state index contributed by atoms with van der Waals surface area (Å²) in [7, 11) is 0. The van der Waals surface area contributed by atoms with Crippen LogP contribution in [0.5, 0.6) is 11.5 Å². The number of hydrogen-bond acceptors (Lipinski definition) is 3. The van der Waals surface area contributed by atoms with Crippen molar-refractivity contribution in [3.63, 3.8) is 0 Å². The number of phenolic OH excluding ortho intramolecular Hbond substituents is 2. The molecule has 0 spiro atoms. The minimum Gasteiger partial charge on any atom is -0.508 e. The Morgan fingerprint density at radius 2 is 1.06 bits per heavy atom. The van der Waals surface area contributed by atoms with E-state index in [1.807, 2.05) is 24.3 Å². The van der Waals surface area contributed by atoms with E-state index in [2.05, 4.69) is 25.6 Å². The molecule has 0 bridgehead atoms. The van der Waals surface area contributed by atoms with Gasteiger partial charge in [0.25, 0.3) is 0 Å². The van der Waals surface area contributed by atoms with Crippen LogP contribution in [0.3, 0.4) is 0 Å². The van der Waals surface area contributed by atoms with Gasteiger partial charge in [-0.3, -0.25) is 0 Å². The fourth-order valence-electron chi connectivity index (χ4n) is 4.15. The quantitative estimate of drug-likeness (QED) is 0.255. The maximum Gasteiger partial charge on any atom is 0.115 e. The first kappa shape index (κ1) is 25.6. The first-order valence-corrected chi connectivity index (χ1v) is 13.3. The van der Waals surface area contributed by atoms with E-state index in [0.29, 0.717) is 16.7 Å². The summed E-state index contributed by atoms with van der Waals surface area (Å²) >= 11 is 2.08. The largest absolute Gasteiger partial charge is 0.508 e. The van der Waals surface area contributed by atoms with Crippen LogP contribution in [0, 0.1) is 0 Å². The maximum absolute atomic E-state index is 9.66. The molecule has 2 aromatic carbocycles. The molecule has 0 radical (unpaired) electrons. The summed E-state index contributed by atoms with van der Waals surface area (Å²) in [4.78, 5) is 0. The number of aromatic hydroxyl groups is 2. The summed E-state index contributed by atoms with van der Waals surface area (Å²) in [6.45, 7) is 4.61. The molecule has 0 aliphatic rings. The molecule has 0 aromatic heterocycles. The van der Waals surface area contributed by atoms with Crippen LogP contribution >= 0.6 is 11.8 Å². The predicted molar refractivity (Wildman–Crippen MR) is 136 cm³/mol. The van der Waals surface area contributed by atoms with Gasteiger partial charge in [0.2, 0.25) is 0 Å². The highest BCUT2D eigenvalue weighted by atomic mass is 32.2. The Balaban J connectivity index is 1.71. The van der Waals surface area contributed by atoms with Crippen molar-refractivity contribution in [2.75, 3.05) is 5.75 Å². The molecule has 2 nitrogen and oxygen atoms in total. The van der Waals surface area contributed by atoms with Gasteiger partial charge in [0.15, 0.2) is 0 Å². The molecule has 0 saturated carbocycles. The fourth-order valence-corrected chi connectivity index (χ4v) is 5.25. The van der Waals surface area contributed by atoms with Crippen LogP contribution in [-0.4, -0.2) is 21.2 Å². The highest BCUT2D eigenvalue weighted by Crippen LogP contribution is 2.34. The third-order valence-corrected chi connectivity index (χ3v) is 7.34. The zero-order chi connectivity index (χ0) is 22.3. The maximum atomic E-state index is 9.66. The molecule has 2 N–H and O–H groups in total. The van der Waals surface area contributed by atoms with Crippen molar-refractivity contribution in [2.24, 2.45) is 0 Å². The summed E-state index contributed by atoms with van der Waals surface area (Å²) in [6.07, 6.45) is 14.9. The van der Waals surface area contributed by atoms with Crippen LogP contribution in [0.4, 0.5) is 0 Å². The smallest absolute Gasteiger partial charge is 0.115 e. The first-order chi connectivity index (χ1) is 15.1. The number of rotatable bonds is 16. The minimum atomic E-state index is 0.274. The molecule has 172 valence electrons.